The lowest BCUT2D eigenvalue weighted by atomic mass is 9.88. The SMILES string of the molecule is Cc1c(Cl)cccc1N1CCN(C(=O)CCC2(c3cccnc3)C=NC=N2)CC1. The highest BCUT2D eigenvalue weighted by Gasteiger charge is 2.33. The first-order chi connectivity index (χ1) is 14.1. The second kappa shape index (κ2) is 8.33. The molecular weight excluding hydrogens is 386 g/mol. The summed E-state index contributed by atoms with van der Waals surface area (Å²) < 4.78 is 0. The lowest BCUT2D eigenvalue weighted by molar-refractivity contribution is -0.131. The molecule has 7 heteroatoms. The van der Waals surface area contributed by atoms with Crippen molar-refractivity contribution in [3.63, 3.8) is 0 Å². The number of piperazine rings is 1. The maximum Gasteiger partial charge on any atom is 0.222 e. The molecule has 1 saturated heterocycles. The highest BCUT2D eigenvalue weighted by atomic mass is 35.5. The minimum Gasteiger partial charge on any atom is -0.368 e. The molecule has 150 valence electrons. The van der Waals surface area contributed by atoms with Crippen LogP contribution in [0, 0.1) is 6.92 Å². The summed E-state index contributed by atoms with van der Waals surface area (Å²) in [5, 5.41) is 0.778. The van der Waals surface area contributed by atoms with Gasteiger partial charge in [0.25, 0.3) is 0 Å². The molecule has 0 aliphatic carbocycles. The van der Waals surface area contributed by atoms with Gasteiger partial charge in [-0.2, -0.15) is 0 Å². The minimum absolute atomic E-state index is 0.159. The van der Waals surface area contributed by atoms with Crippen molar-refractivity contribution in [2.75, 3.05) is 31.1 Å². The Morgan fingerprint density at radius 3 is 2.69 bits per heavy atom. The molecule has 1 fully saturated rings. The zero-order valence-corrected chi connectivity index (χ0v) is 17.2. The Morgan fingerprint density at radius 2 is 2.00 bits per heavy atom. The highest BCUT2D eigenvalue weighted by molar-refractivity contribution is 6.31. The maximum absolute atomic E-state index is 12.9. The molecule has 0 N–H and O–H groups in total. The lowest BCUT2D eigenvalue weighted by Gasteiger charge is -2.37. The van der Waals surface area contributed by atoms with Gasteiger partial charge in [-0.1, -0.05) is 23.7 Å². The van der Waals surface area contributed by atoms with Crippen molar-refractivity contribution in [1.82, 2.24) is 9.88 Å². The fraction of sp³-hybridized carbons (Fsp3) is 0.364. The third-order valence-electron chi connectivity index (χ3n) is 5.74. The van der Waals surface area contributed by atoms with Crippen LogP contribution in [-0.4, -0.2) is 54.5 Å². The van der Waals surface area contributed by atoms with E-state index in [4.69, 9.17) is 11.6 Å². The number of carbonyl (C=O) groups excluding carboxylic acids is 1. The van der Waals surface area contributed by atoms with Gasteiger partial charge < -0.3 is 9.80 Å². The fourth-order valence-corrected chi connectivity index (χ4v) is 4.13. The van der Waals surface area contributed by atoms with Crippen molar-refractivity contribution in [3.05, 3.63) is 58.9 Å². The Hall–Kier alpha value is -2.73. The number of halogens is 1. The monoisotopic (exact) mass is 409 g/mol. The van der Waals surface area contributed by atoms with Gasteiger partial charge in [-0.25, -0.2) is 4.99 Å². The summed E-state index contributed by atoms with van der Waals surface area (Å²) in [6.45, 7) is 5.07. The molecule has 1 aromatic carbocycles. The van der Waals surface area contributed by atoms with Crippen molar-refractivity contribution in [2.45, 2.75) is 25.3 Å². The number of amides is 1. The number of pyridine rings is 1. The predicted molar refractivity (Wildman–Crippen MR) is 117 cm³/mol. The zero-order valence-electron chi connectivity index (χ0n) is 16.5. The molecular formula is C22H24ClN5O. The van der Waals surface area contributed by atoms with Crippen molar-refractivity contribution >= 4 is 35.7 Å². The van der Waals surface area contributed by atoms with Gasteiger partial charge in [0.1, 0.15) is 11.9 Å². The summed E-state index contributed by atoms with van der Waals surface area (Å²) in [7, 11) is 0. The topological polar surface area (TPSA) is 61.2 Å². The van der Waals surface area contributed by atoms with Gasteiger partial charge in [0.15, 0.2) is 0 Å². The van der Waals surface area contributed by atoms with Crippen molar-refractivity contribution in [2.24, 2.45) is 9.98 Å². The second-order valence-corrected chi connectivity index (χ2v) is 7.85. The molecule has 0 bridgehead atoms. The average Bonchev–Trinajstić information content (AvgIpc) is 3.25. The number of aromatic nitrogens is 1. The molecule has 2 aliphatic heterocycles. The summed E-state index contributed by atoms with van der Waals surface area (Å²) in [5.41, 5.74) is 2.62. The Bertz CT molecular complexity index is 923. The number of rotatable bonds is 5. The normalized spacial score (nSPS) is 21.0. The lowest BCUT2D eigenvalue weighted by Crippen LogP contribution is -2.49. The molecule has 0 radical (unpaired) electrons. The third-order valence-corrected chi connectivity index (χ3v) is 6.15. The summed E-state index contributed by atoms with van der Waals surface area (Å²) in [5.74, 6) is 0.159. The van der Waals surface area contributed by atoms with Crippen molar-refractivity contribution in [3.8, 4) is 0 Å². The second-order valence-electron chi connectivity index (χ2n) is 7.44. The van der Waals surface area contributed by atoms with Gasteiger partial charge >= 0.3 is 0 Å². The Morgan fingerprint density at radius 1 is 1.17 bits per heavy atom. The number of anilines is 1. The van der Waals surface area contributed by atoms with E-state index >= 15 is 0 Å². The summed E-state index contributed by atoms with van der Waals surface area (Å²) in [4.78, 5) is 30.0. The first kappa shape index (κ1) is 19.6. The van der Waals surface area contributed by atoms with E-state index < -0.39 is 5.54 Å². The molecule has 2 aliphatic rings. The summed E-state index contributed by atoms with van der Waals surface area (Å²) in [6, 6.07) is 9.85. The largest absolute Gasteiger partial charge is 0.368 e. The first-order valence-electron chi connectivity index (χ1n) is 9.85. The Labute approximate surface area is 175 Å². The van der Waals surface area contributed by atoms with Crippen LogP contribution in [0.5, 0.6) is 0 Å². The van der Waals surface area contributed by atoms with Gasteiger partial charge in [0.05, 0.1) is 0 Å². The van der Waals surface area contributed by atoms with Crippen molar-refractivity contribution < 1.29 is 4.79 Å². The summed E-state index contributed by atoms with van der Waals surface area (Å²) >= 11 is 6.26. The highest BCUT2D eigenvalue weighted by Crippen LogP contribution is 2.32. The van der Waals surface area contributed by atoms with Crippen LogP contribution in [0.3, 0.4) is 0 Å². The van der Waals surface area contributed by atoms with E-state index in [2.05, 4.69) is 25.9 Å². The van der Waals surface area contributed by atoms with Crippen molar-refractivity contribution in [1.29, 1.82) is 0 Å². The number of hydrogen-bond donors (Lipinski definition) is 0. The molecule has 1 amide bonds. The fourth-order valence-electron chi connectivity index (χ4n) is 3.96. The van der Waals surface area contributed by atoms with E-state index in [0.717, 1.165) is 34.9 Å². The van der Waals surface area contributed by atoms with Crippen LogP contribution in [0.4, 0.5) is 5.69 Å². The first-order valence-corrected chi connectivity index (χ1v) is 10.2. The number of hydrogen-bond acceptors (Lipinski definition) is 5. The minimum atomic E-state index is -0.580. The molecule has 2 aromatic rings. The number of carbonyl (C=O) groups is 1. The van der Waals surface area contributed by atoms with Crippen LogP contribution >= 0.6 is 11.6 Å². The number of benzene rings is 1. The van der Waals surface area contributed by atoms with Crippen LogP contribution < -0.4 is 4.90 Å². The molecule has 4 rings (SSSR count). The van der Waals surface area contributed by atoms with Crippen LogP contribution in [0.25, 0.3) is 0 Å². The van der Waals surface area contributed by atoms with E-state index in [1.165, 1.54) is 0 Å². The van der Waals surface area contributed by atoms with E-state index in [9.17, 15) is 4.79 Å². The average molecular weight is 410 g/mol. The molecule has 0 saturated carbocycles. The van der Waals surface area contributed by atoms with Gasteiger partial charge in [0, 0.05) is 67.5 Å². The molecule has 1 aromatic heterocycles. The van der Waals surface area contributed by atoms with E-state index in [1.807, 2.05) is 42.3 Å². The van der Waals surface area contributed by atoms with E-state index in [-0.39, 0.29) is 5.91 Å². The van der Waals surface area contributed by atoms with Crippen LogP contribution in [-0.2, 0) is 10.3 Å². The third kappa shape index (κ3) is 4.03. The quantitative estimate of drug-likeness (QED) is 0.759. The van der Waals surface area contributed by atoms with E-state index in [1.54, 1.807) is 18.7 Å². The number of aliphatic imine (C=N–C) groups is 2. The Balaban J connectivity index is 1.36. The van der Waals surface area contributed by atoms with Crippen LogP contribution in [0.2, 0.25) is 5.02 Å². The maximum atomic E-state index is 12.9. The zero-order chi connectivity index (χ0) is 20.3. The Kier molecular flexibility index (Phi) is 5.62. The molecule has 1 unspecified atom stereocenters. The molecule has 1 atom stereocenters. The van der Waals surface area contributed by atoms with Gasteiger partial charge in [-0.05, 0) is 37.1 Å². The smallest absolute Gasteiger partial charge is 0.222 e. The van der Waals surface area contributed by atoms with Crippen LogP contribution in [0.15, 0.2) is 52.7 Å². The van der Waals surface area contributed by atoms with Gasteiger partial charge in [-0.3, -0.25) is 14.8 Å². The molecule has 0 spiro atoms. The summed E-state index contributed by atoms with van der Waals surface area (Å²) in [6.07, 6.45) is 7.92. The van der Waals surface area contributed by atoms with E-state index in [0.29, 0.717) is 25.9 Å². The van der Waals surface area contributed by atoms with Gasteiger partial charge in [-0.15, -0.1) is 0 Å². The number of nitrogens with zero attached hydrogens (tertiary/aromatic N) is 5. The van der Waals surface area contributed by atoms with Crippen LogP contribution in [0.1, 0.15) is 24.0 Å². The standard InChI is InChI=1S/C22H24ClN5O/c1-17-19(23)5-2-6-20(17)27-10-12-28(13-11-27)21(29)7-8-22(15-25-16-26-22)18-4-3-9-24-14-18/h2-6,9,14-16H,7-8,10-13H2,1H3. The predicted octanol–water partition coefficient (Wildman–Crippen LogP) is 3.48. The molecule has 6 nitrogen and oxygen atoms in total. The molecule has 29 heavy (non-hydrogen) atoms. The van der Waals surface area contributed by atoms with Gasteiger partial charge in [0.2, 0.25) is 5.91 Å². The molecule has 3 heterocycles.